The van der Waals surface area contributed by atoms with E-state index in [9.17, 15) is 24.4 Å². The van der Waals surface area contributed by atoms with Gasteiger partial charge in [-0.3, -0.25) is 25.6 Å². The Morgan fingerprint density at radius 1 is 1.07 bits per heavy atom. The van der Waals surface area contributed by atoms with Crippen LogP contribution in [0.4, 0.5) is 9.59 Å². The Hall–Kier alpha value is -2.56. The number of nitrogens with one attached hydrogen (secondary N) is 2. The van der Waals surface area contributed by atoms with Gasteiger partial charge in [0.05, 0.1) is 12.0 Å². The number of hydrogen-bond donors (Lipinski definition) is 3. The molecule has 3 rings (SSSR count). The summed E-state index contributed by atoms with van der Waals surface area (Å²) in [6, 6.07) is -1.62. The average Bonchev–Trinajstić information content (AvgIpc) is 3.19. The zero-order valence-corrected chi connectivity index (χ0v) is 16.3. The third-order valence-corrected chi connectivity index (χ3v) is 5.17. The molecule has 156 valence electrons. The number of carbonyl (C=O) groups is 4. The summed E-state index contributed by atoms with van der Waals surface area (Å²) in [5, 5.41) is 10.3. The molecule has 0 radical (unpaired) electrons. The smallest absolute Gasteiger partial charge is 0.410 e. The normalized spacial score (nSPS) is 27.1. The molecule has 3 atom stereocenters. The molecule has 0 aromatic heterocycles. The third kappa shape index (κ3) is 4.13. The number of hydroxylamine groups is 2. The molecule has 28 heavy (non-hydrogen) atoms. The van der Waals surface area contributed by atoms with E-state index in [1.54, 1.807) is 20.8 Å². The molecule has 3 N–H and O–H groups in total. The van der Waals surface area contributed by atoms with Gasteiger partial charge in [-0.05, 0) is 40.0 Å². The lowest BCUT2D eigenvalue weighted by atomic mass is 10.0. The van der Waals surface area contributed by atoms with Gasteiger partial charge in [0.2, 0.25) is 5.91 Å². The largest absolute Gasteiger partial charge is 0.444 e. The zero-order chi connectivity index (χ0) is 20.6. The molecule has 11 heteroatoms. The maximum Gasteiger partial charge on any atom is 0.410 e. The minimum atomic E-state index is -0.733. The Labute approximate surface area is 162 Å². The highest BCUT2D eigenvalue weighted by atomic mass is 16.6. The van der Waals surface area contributed by atoms with Crippen LogP contribution < -0.4 is 10.9 Å². The Bertz CT molecular complexity index is 677. The fourth-order valence-electron chi connectivity index (χ4n) is 3.70. The second-order valence-electron chi connectivity index (χ2n) is 8.42. The fourth-order valence-corrected chi connectivity index (χ4v) is 3.70. The van der Waals surface area contributed by atoms with Crippen LogP contribution in [0.3, 0.4) is 0 Å². The highest BCUT2D eigenvalue weighted by molar-refractivity contribution is 5.90. The number of carbonyl (C=O) groups excluding carboxylic acids is 4. The predicted molar refractivity (Wildman–Crippen MR) is 94.7 cm³/mol. The van der Waals surface area contributed by atoms with Gasteiger partial charge in [-0.2, -0.15) is 0 Å². The lowest BCUT2D eigenvalue weighted by Gasteiger charge is -2.29. The van der Waals surface area contributed by atoms with Crippen LogP contribution in [-0.4, -0.2) is 81.3 Å². The first-order chi connectivity index (χ1) is 13.1. The molecule has 3 heterocycles. The van der Waals surface area contributed by atoms with Crippen molar-refractivity contribution in [3.63, 3.8) is 0 Å². The first-order valence-corrected chi connectivity index (χ1v) is 9.43. The van der Waals surface area contributed by atoms with E-state index >= 15 is 0 Å². The van der Waals surface area contributed by atoms with Crippen molar-refractivity contribution in [3.8, 4) is 0 Å². The number of ether oxygens (including phenoxy) is 1. The first kappa shape index (κ1) is 20.2. The molecule has 3 fully saturated rings. The fraction of sp³-hybridized carbons (Fsp3) is 0.765. The molecule has 3 aliphatic heterocycles. The zero-order valence-electron chi connectivity index (χ0n) is 16.3. The number of piperidine rings is 1. The summed E-state index contributed by atoms with van der Waals surface area (Å²) in [4.78, 5) is 51.5. The van der Waals surface area contributed by atoms with Crippen molar-refractivity contribution in [2.75, 3.05) is 19.6 Å². The summed E-state index contributed by atoms with van der Waals surface area (Å²) in [7, 11) is 0. The van der Waals surface area contributed by atoms with Gasteiger partial charge in [0.15, 0.2) is 0 Å². The molecule has 5 amide bonds. The van der Waals surface area contributed by atoms with Crippen molar-refractivity contribution in [1.29, 1.82) is 0 Å². The van der Waals surface area contributed by atoms with Crippen molar-refractivity contribution in [2.24, 2.45) is 5.92 Å². The van der Waals surface area contributed by atoms with E-state index in [1.165, 1.54) is 9.80 Å². The average molecular weight is 397 g/mol. The van der Waals surface area contributed by atoms with Crippen LogP contribution in [0.15, 0.2) is 0 Å². The summed E-state index contributed by atoms with van der Waals surface area (Å²) in [5.41, 5.74) is 4.14. The quantitative estimate of drug-likeness (QED) is 0.446. The molecule has 3 saturated heterocycles. The van der Waals surface area contributed by atoms with Gasteiger partial charge in [0.25, 0.3) is 5.91 Å². The topological polar surface area (TPSA) is 132 Å². The van der Waals surface area contributed by atoms with E-state index in [0.717, 1.165) is 0 Å². The van der Waals surface area contributed by atoms with E-state index in [0.29, 0.717) is 30.9 Å². The van der Waals surface area contributed by atoms with Crippen LogP contribution in [-0.2, 0) is 14.3 Å². The second kappa shape index (κ2) is 7.46. The number of urea groups is 1. The highest BCUT2D eigenvalue weighted by Crippen LogP contribution is 2.28. The molecule has 0 aromatic rings. The summed E-state index contributed by atoms with van der Waals surface area (Å²) in [6.45, 7) is 6.22. The molecular formula is C17H27N5O6. The molecule has 0 saturated carbocycles. The third-order valence-electron chi connectivity index (χ3n) is 5.17. The van der Waals surface area contributed by atoms with Crippen LogP contribution in [0.25, 0.3) is 0 Å². The molecule has 0 aromatic carbocycles. The monoisotopic (exact) mass is 397 g/mol. The Balaban J connectivity index is 1.46. The molecule has 3 aliphatic rings. The van der Waals surface area contributed by atoms with Gasteiger partial charge in [0.1, 0.15) is 11.6 Å². The summed E-state index contributed by atoms with van der Waals surface area (Å²) >= 11 is 0. The molecular weight excluding hydrogens is 370 g/mol. The number of nitrogens with zero attached hydrogens (tertiary/aromatic N) is 3. The molecule has 2 bridgehead atoms. The first-order valence-electron chi connectivity index (χ1n) is 9.43. The lowest BCUT2D eigenvalue weighted by molar-refractivity contribution is -0.133. The van der Waals surface area contributed by atoms with Crippen molar-refractivity contribution >= 4 is 23.9 Å². The van der Waals surface area contributed by atoms with Crippen LogP contribution in [0.5, 0.6) is 0 Å². The Morgan fingerprint density at radius 3 is 2.43 bits per heavy atom. The standard InChI is InChI=1S/C17H27N5O6/c1-17(2,3)28-16(26)20-7-6-10(8-20)13(23)18-19-14(24)12-5-4-11-9-21(12)15(25)22(11)27/h10-12,27H,4-9H2,1-3H3,(H,18,23)(H,19,24)/t10?,11-,12?/m0/s1. The van der Waals surface area contributed by atoms with E-state index in [4.69, 9.17) is 4.74 Å². The number of likely N-dealkylation sites (tertiary alicyclic amines) is 1. The van der Waals surface area contributed by atoms with Crippen LogP contribution in [0, 0.1) is 5.92 Å². The lowest BCUT2D eigenvalue weighted by Crippen LogP contribution is -2.55. The molecule has 0 spiro atoms. The Kier molecular flexibility index (Phi) is 5.37. The maximum absolute atomic E-state index is 12.4. The van der Waals surface area contributed by atoms with Gasteiger partial charge in [-0.25, -0.2) is 14.7 Å². The second-order valence-corrected chi connectivity index (χ2v) is 8.42. The number of rotatable bonds is 2. The number of fused-ring (bicyclic) bond motifs is 2. The van der Waals surface area contributed by atoms with Gasteiger partial charge in [0, 0.05) is 19.6 Å². The SMILES string of the molecule is CC(C)(C)OC(=O)N1CCC(C(=O)NNC(=O)C2CC[C@H]3CN2C(=O)N3O)C1. The molecule has 2 unspecified atom stereocenters. The van der Waals surface area contributed by atoms with Gasteiger partial charge >= 0.3 is 12.1 Å². The van der Waals surface area contributed by atoms with Gasteiger partial charge < -0.3 is 14.5 Å². The van der Waals surface area contributed by atoms with Crippen LogP contribution in [0.2, 0.25) is 0 Å². The van der Waals surface area contributed by atoms with Gasteiger partial charge in [-0.15, -0.1) is 0 Å². The molecule has 0 aliphatic carbocycles. The van der Waals surface area contributed by atoms with E-state index < -0.39 is 41.5 Å². The summed E-state index contributed by atoms with van der Waals surface area (Å²) < 4.78 is 5.30. The van der Waals surface area contributed by atoms with Crippen molar-refractivity contribution < 1.29 is 29.1 Å². The van der Waals surface area contributed by atoms with E-state index in [1.807, 2.05) is 0 Å². The predicted octanol–water partition coefficient (Wildman–Crippen LogP) is 0.0486. The van der Waals surface area contributed by atoms with Crippen molar-refractivity contribution in [3.05, 3.63) is 0 Å². The van der Waals surface area contributed by atoms with Crippen LogP contribution >= 0.6 is 0 Å². The number of amides is 5. The number of hydrogen-bond acceptors (Lipinski definition) is 6. The van der Waals surface area contributed by atoms with Crippen molar-refractivity contribution in [1.82, 2.24) is 25.7 Å². The van der Waals surface area contributed by atoms with E-state index in [2.05, 4.69) is 10.9 Å². The minimum absolute atomic E-state index is 0.214. The van der Waals surface area contributed by atoms with E-state index in [-0.39, 0.29) is 19.1 Å². The maximum atomic E-state index is 12.4. The minimum Gasteiger partial charge on any atom is -0.444 e. The Morgan fingerprint density at radius 2 is 1.75 bits per heavy atom. The van der Waals surface area contributed by atoms with Gasteiger partial charge in [-0.1, -0.05) is 0 Å². The summed E-state index contributed by atoms with van der Waals surface area (Å²) in [6.07, 6.45) is 0.920. The van der Waals surface area contributed by atoms with Crippen LogP contribution in [0.1, 0.15) is 40.0 Å². The summed E-state index contributed by atoms with van der Waals surface area (Å²) in [5.74, 6) is -1.35. The number of hydrazine groups is 1. The highest BCUT2D eigenvalue weighted by Gasteiger charge is 2.47. The molecule has 11 nitrogen and oxygen atoms in total. The van der Waals surface area contributed by atoms with Crippen molar-refractivity contribution in [2.45, 2.75) is 57.7 Å².